The Labute approximate surface area is 205 Å². The van der Waals surface area contributed by atoms with E-state index in [4.69, 9.17) is 9.47 Å². The number of methoxy groups -OCH3 is 2. The molecule has 176 valence electrons. The summed E-state index contributed by atoms with van der Waals surface area (Å²) in [7, 11) is 2.91. The Kier molecular flexibility index (Phi) is 8.26. The number of esters is 1. The van der Waals surface area contributed by atoms with Gasteiger partial charge in [0.05, 0.1) is 19.8 Å². The third-order valence-electron chi connectivity index (χ3n) is 5.81. The molecule has 34 heavy (non-hydrogen) atoms. The fourth-order valence-electron chi connectivity index (χ4n) is 3.97. The molecule has 0 fully saturated rings. The lowest BCUT2D eigenvalue weighted by molar-refractivity contribution is 0.0595. The van der Waals surface area contributed by atoms with Gasteiger partial charge in [-0.15, -0.1) is 12.4 Å². The Balaban J connectivity index is 0.00000324. The summed E-state index contributed by atoms with van der Waals surface area (Å²) in [5, 5.41) is 5.67. The van der Waals surface area contributed by atoms with Crippen molar-refractivity contribution in [2.24, 2.45) is 0 Å². The SMILES string of the molecule is COC(=O)c1cc(-c2cc(CNC(C)c3cccc(OC)c3)cc3ccccc23)ccc1F.Cl. The van der Waals surface area contributed by atoms with Crippen LogP contribution in [0.15, 0.2) is 78.9 Å². The summed E-state index contributed by atoms with van der Waals surface area (Å²) in [6.45, 7) is 2.75. The molecule has 0 radical (unpaired) electrons. The Morgan fingerprint density at radius 2 is 1.76 bits per heavy atom. The minimum absolute atomic E-state index is 0. The van der Waals surface area contributed by atoms with Gasteiger partial charge in [0.2, 0.25) is 0 Å². The van der Waals surface area contributed by atoms with Gasteiger partial charge >= 0.3 is 5.97 Å². The maximum Gasteiger partial charge on any atom is 0.340 e. The third-order valence-corrected chi connectivity index (χ3v) is 5.81. The summed E-state index contributed by atoms with van der Waals surface area (Å²) < 4.78 is 24.3. The fraction of sp³-hybridized carbons (Fsp3) is 0.179. The van der Waals surface area contributed by atoms with Crippen molar-refractivity contribution in [2.45, 2.75) is 19.5 Å². The van der Waals surface area contributed by atoms with Gasteiger partial charge < -0.3 is 14.8 Å². The minimum Gasteiger partial charge on any atom is -0.497 e. The molecule has 1 unspecified atom stereocenters. The van der Waals surface area contributed by atoms with Crippen molar-refractivity contribution in [1.82, 2.24) is 5.32 Å². The summed E-state index contributed by atoms with van der Waals surface area (Å²) in [5.41, 5.74) is 3.84. The average Bonchev–Trinajstić information content (AvgIpc) is 2.86. The molecule has 0 aliphatic carbocycles. The van der Waals surface area contributed by atoms with E-state index in [-0.39, 0.29) is 24.0 Å². The first-order valence-electron chi connectivity index (χ1n) is 10.8. The summed E-state index contributed by atoms with van der Waals surface area (Å²) in [6, 6.07) is 25.0. The first kappa shape index (κ1) is 25.2. The Bertz CT molecular complexity index is 1310. The monoisotopic (exact) mass is 479 g/mol. The molecule has 6 heteroatoms. The molecular weight excluding hydrogens is 453 g/mol. The molecule has 0 saturated carbocycles. The second-order valence-corrected chi connectivity index (χ2v) is 7.93. The smallest absolute Gasteiger partial charge is 0.340 e. The van der Waals surface area contributed by atoms with Crippen LogP contribution in [-0.4, -0.2) is 20.2 Å². The Hall–Kier alpha value is -3.41. The van der Waals surface area contributed by atoms with Crippen LogP contribution in [0.1, 0.15) is 34.5 Å². The van der Waals surface area contributed by atoms with Crippen molar-refractivity contribution in [1.29, 1.82) is 0 Å². The average molecular weight is 480 g/mol. The minimum atomic E-state index is -0.691. The van der Waals surface area contributed by atoms with E-state index >= 15 is 0 Å². The second kappa shape index (κ2) is 11.1. The van der Waals surface area contributed by atoms with Gasteiger partial charge in [0.25, 0.3) is 0 Å². The molecule has 1 atom stereocenters. The molecule has 0 aliphatic heterocycles. The van der Waals surface area contributed by atoms with E-state index in [0.717, 1.165) is 38.8 Å². The predicted molar refractivity (Wildman–Crippen MR) is 136 cm³/mol. The molecule has 0 amide bonds. The maximum absolute atomic E-state index is 14.2. The number of nitrogens with one attached hydrogen (secondary N) is 1. The zero-order chi connectivity index (χ0) is 23.4. The number of halogens is 2. The van der Waals surface area contributed by atoms with Crippen molar-refractivity contribution >= 4 is 29.1 Å². The van der Waals surface area contributed by atoms with Crippen LogP contribution in [0.4, 0.5) is 4.39 Å². The molecule has 1 N–H and O–H groups in total. The number of carbonyl (C=O) groups excluding carboxylic acids is 1. The van der Waals surface area contributed by atoms with Gasteiger partial charge in [-0.25, -0.2) is 9.18 Å². The topological polar surface area (TPSA) is 47.6 Å². The van der Waals surface area contributed by atoms with Crippen LogP contribution < -0.4 is 10.1 Å². The first-order chi connectivity index (χ1) is 16.0. The zero-order valence-electron chi connectivity index (χ0n) is 19.3. The van der Waals surface area contributed by atoms with Crippen molar-refractivity contribution in [3.63, 3.8) is 0 Å². The van der Waals surface area contributed by atoms with Crippen LogP contribution in [-0.2, 0) is 11.3 Å². The van der Waals surface area contributed by atoms with E-state index in [0.29, 0.717) is 6.54 Å². The van der Waals surface area contributed by atoms with Crippen LogP contribution in [0.5, 0.6) is 5.75 Å². The Morgan fingerprint density at radius 1 is 0.971 bits per heavy atom. The standard InChI is InChI=1S/C28H26FNO3.ClH/c1-18(20-8-6-9-23(15-20)32-2)30-17-19-13-21-7-4-5-10-24(21)25(14-19)22-11-12-27(29)26(16-22)28(31)33-3;/h4-16,18,30H,17H2,1-3H3;1H. The maximum atomic E-state index is 14.2. The van der Waals surface area contributed by atoms with Crippen molar-refractivity contribution < 1.29 is 18.7 Å². The van der Waals surface area contributed by atoms with E-state index in [1.807, 2.05) is 36.4 Å². The van der Waals surface area contributed by atoms with E-state index < -0.39 is 11.8 Å². The van der Waals surface area contributed by atoms with Gasteiger partial charge in [-0.2, -0.15) is 0 Å². The normalized spacial score (nSPS) is 11.5. The molecule has 0 aliphatic rings. The largest absolute Gasteiger partial charge is 0.497 e. The quantitative estimate of drug-likeness (QED) is 0.299. The molecule has 4 aromatic rings. The van der Waals surface area contributed by atoms with Crippen LogP contribution >= 0.6 is 12.4 Å². The number of rotatable bonds is 7. The van der Waals surface area contributed by atoms with Gasteiger partial charge in [0.15, 0.2) is 0 Å². The van der Waals surface area contributed by atoms with Crippen LogP contribution in [0.25, 0.3) is 21.9 Å². The summed E-state index contributed by atoms with van der Waals surface area (Å²) in [5.74, 6) is -0.463. The highest BCUT2D eigenvalue weighted by Gasteiger charge is 2.15. The highest BCUT2D eigenvalue weighted by atomic mass is 35.5. The van der Waals surface area contributed by atoms with Gasteiger partial charge in [0.1, 0.15) is 11.6 Å². The lowest BCUT2D eigenvalue weighted by Crippen LogP contribution is -2.18. The van der Waals surface area contributed by atoms with E-state index in [1.54, 1.807) is 19.2 Å². The van der Waals surface area contributed by atoms with Gasteiger partial charge in [-0.05, 0) is 76.3 Å². The van der Waals surface area contributed by atoms with E-state index in [1.165, 1.54) is 13.2 Å². The van der Waals surface area contributed by atoms with Crippen molar-refractivity contribution in [3.05, 3.63) is 101 Å². The molecule has 0 spiro atoms. The number of fused-ring (bicyclic) bond motifs is 1. The highest BCUT2D eigenvalue weighted by molar-refractivity contribution is 5.99. The number of ether oxygens (including phenoxy) is 2. The van der Waals surface area contributed by atoms with Crippen LogP contribution in [0, 0.1) is 5.82 Å². The fourth-order valence-corrected chi connectivity index (χ4v) is 3.97. The number of hydrogen-bond donors (Lipinski definition) is 1. The lowest BCUT2D eigenvalue weighted by Gasteiger charge is -2.17. The van der Waals surface area contributed by atoms with E-state index in [9.17, 15) is 9.18 Å². The van der Waals surface area contributed by atoms with Crippen molar-refractivity contribution in [3.8, 4) is 16.9 Å². The second-order valence-electron chi connectivity index (χ2n) is 7.93. The summed E-state index contributed by atoms with van der Waals surface area (Å²) >= 11 is 0. The molecule has 4 nitrogen and oxygen atoms in total. The first-order valence-corrected chi connectivity index (χ1v) is 10.8. The Morgan fingerprint density at radius 3 is 2.53 bits per heavy atom. The van der Waals surface area contributed by atoms with Gasteiger partial charge in [0, 0.05) is 12.6 Å². The van der Waals surface area contributed by atoms with E-state index in [2.05, 4.69) is 36.5 Å². The zero-order valence-corrected chi connectivity index (χ0v) is 20.1. The molecule has 0 saturated heterocycles. The van der Waals surface area contributed by atoms with Crippen LogP contribution in [0.3, 0.4) is 0 Å². The molecule has 4 rings (SSSR count). The molecule has 0 aromatic heterocycles. The highest BCUT2D eigenvalue weighted by Crippen LogP contribution is 2.32. The van der Waals surface area contributed by atoms with Crippen molar-refractivity contribution in [2.75, 3.05) is 14.2 Å². The molecular formula is C28H27ClFNO3. The van der Waals surface area contributed by atoms with Crippen LogP contribution in [0.2, 0.25) is 0 Å². The third kappa shape index (κ3) is 5.38. The van der Waals surface area contributed by atoms with Gasteiger partial charge in [-0.1, -0.05) is 42.5 Å². The number of hydrogen-bond acceptors (Lipinski definition) is 4. The summed E-state index contributed by atoms with van der Waals surface area (Å²) in [6.07, 6.45) is 0. The van der Waals surface area contributed by atoms with Gasteiger partial charge in [-0.3, -0.25) is 0 Å². The number of carbonyl (C=O) groups is 1. The molecule has 0 bridgehead atoms. The predicted octanol–water partition coefficient (Wildman–Crippen LogP) is 6.71. The molecule has 0 heterocycles. The lowest BCUT2D eigenvalue weighted by atomic mass is 9.94. The summed E-state index contributed by atoms with van der Waals surface area (Å²) in [4.78, 5) is 12.0. The number of benzene rings is 4. The molecule has 4 aromatic carbocycles.